The van der Waals surface area contributed by atoms with Crippen molar-refractivity contribution in [3.63, 3.8) is 0 Å². The normalized spacial score (nSPS) is 16.5. The first kappa shape index (κ1) is 21.4. The summed E-state index contributed by atoms with van der Waals surface area (Å²) in [6.07, 6.45) is 5.28. The SMILES string of the molecule is CCn1c(-c2ccnc(Nc3ccc(S(=O)(=O)NCC4CCCO4)cc3)n2)cnc1C. The van der Waals surface area contributed by atoms with Crippen LogP contribution in [-0.2, 0) is 21.3 Å². The molecule has 0 saturated carbocycles. The van der Waals surface area contributed by atoms with Gasteiger partial charge in [-0.15, -0.1) is 0 Å². The summed E-state index contributed by atoms with van der Waals surface area (Å²) in [4.78, 5) is 13.4. The van der Waals surface area contributed by atoms with Crippen LogP contribution in [0.4, 0.5) is 11.6 Å². The molecule has 31 heavy (non-hydrogen) atoms. The molecule has 0 radical (unpaired) electrons. The number of benzene rings is 1. The van der Waals surface area contributed by atoms with Gasteiger partial charge in [-0.05, 0) is 57.0 Å². The number of nitrogens with zero attached hydrogens (tertiary/aromatic N) is 4. The van der Waals surface area contributed by atoms with E-state index in [2.05, 4.69) is 36.5 Å². The number of aryl methyl sites for hydroxylation is 1. The molecule has 1 unspecified atom stereocenters. The Bertz CT molecular complexity index is 1140. The van der Waals surface area contributed by atoms with Gasteiger partial charge in [0.05, 0.1) is 28.6 Å². The lowest BCUT2D eigenvalue weighted by atomic mass is 10.2. The highest BCUT2D eigenvalue weighted by Crippen LogP contribution is 2.22. The zero-order valence-electron chi connectivity index (χ0n) is 17.6. The number of hydrogen-bond donors (Lipinski definition) is 2. The van der Waals surface area contributed by atoms with Crippen molar-refractivity contribution in [2.45, 2.75) is 44.2 Å². The minimum Gasteiger partial charge on any atom is -0.377 e. The highest BCUT2D eigenvalue weighted by Gasteiger charge is 2.20. The summed E-state index contributed by atoms with van der Waals surface area (Å²) in [5.41, 5.74) is 2.37. The van der Waals surface area contributed by atoms with E-state index >= 15 is 0 Å². The second-order valence-corrected chi connectivity index (χ2v) is 9.10. The predicted molar refractivity (Wildman–Crippen MR) is 118 cm³/mol. The summed E-state index contributed by atoms with van der Waals surface area (Å²) < 4.78 is 35.2. The Balaban J connectivity index is 1.45. The number of rotatable bonds is 8. The van der Waals surface area contributed by atoms with E-state index in [1.807, 2.05) is 13.0 Å². The van der Waals surface area contributed by atoms with Crippen LogP contribution in [0.15, 0.2) is 47.6 Å². The fourth-order valence-corrected chi connectivity index (χ4v) is 4.64. The van der Waals surface area contributed by atoms with Crippen molar-refractivity contribution < 1.29 is 13.2 Å². The van der Waals surface area contributed by atoms with Crippen molar-refractivity contribution in [1.82, 2.24) is 24.2 Å². The molecule has 9 nitrogen and oxygen atoms in total. The average Bonchev–Trinajstić information content (AvgIpc) is 3.42. The molecule has 1 aromatic carbocycles. The Labute approximate surface area is 182 Å². The molecule has 0 aliphatic carbocycles. The van der Waals surface area contributed by atoms with E-state index in [-0.39, 0.29) is 17.5 Å². The van der Waals surface area contributed by atoms with E-state index in [1.54, 1.807) is 36.7 Å². The van der Waals surface area contributed by atoms with Gasteiger partial charge in [-0.3, -0.25) is 0 Å². The summed E-state index contributed by atoms with van der Waals surface area (Å²) in [6, 6.07) is 8.33. The van der Waals surface area contributed by atoms with Gasteiger partial charge in [0.25, 0.3) is 0 Å². The van der Waals surface area contributed by atoms with Gasteiger partial charge in [0.15, 0.2) is 0 Å². The number of anilines is 2. The lowest BCUT2D eigenvalue weighted by molar-refractivity contribution is 0.114. The third kappa shape index (κ3) is 4.92. The minimum atomic E-state index is -3.58. The predicted octanol–water partition coefficient (Wildman–Crippen LogP) is 2.87. The van der Waals surface area contributed by atoms with Gasteiger partial charge in [-0.25, -0.2) is 28.1 Å². The Morgan fingerprint density at radius 1 is 1.19 bits per heavy atom. The molecule has 3 aromatic rings. The third-order valence-corrected chi connectivity index (χ3v) is 6.67. The van der Waals surface area contributed by atoms with Gasteiger partial charge in [-0.1, -0.05) is 0 Å². The number of ether oxygens (including phenoxy) is 1. The number of sulfonamides is 1. The number of nitrogens with one attached hydrogen (secondary N) is 2. The molecule has 0 amide bonds. The highest BCUT2D eigenvalue weighted by atomic mass is 32.2. The Morgan fingerprint density at radius 2 is 2.00 bits per heavy atom. The Hall–Kier alpha value is -2.82. The molecule has 1 atom stereocenters. The van der Waals surface area contributed by atoms with E-state index in [0.29, 0.717) is 18.2 Å². The van der Waals surface area contributed by atoms with E-state index in [0.717, 1.165) is 36.6 Å². The summed E-state index contributed by atoms with van der Waals surface area (Å²) in [6.45, 7) is 5.79. The van der Waals surface area contributed by atoms with Crippen LogP contribution in [0, 0.1) is 6.92 Å². The average molecular weight is 443 g/mol. The number of imidazole rings is 1. The smallest absolute Gasteiger partial charge is 0.240 e. The zero-order chi connectivity index (χ0) is 21.8. The van der Waals surface area contributed by atoms with Gasteiger partial charge in [0.2, 0.25) is 16.0 Å². The molecule has 4 rings (SSSR count). The van der Waals surface area contributed by atoms with Crippen LogP contribution in [0.3, 0.4) is 0 Å². The fourth-order valence-electron chi connectivity index (χ4n) is 3.57. The van der Waals surface area contributed by atoms with Gasteiger partial charge >= 0.3 is 0 Å². The zero-order valence-corrected chi connectivity index (χ0v) is 18.4. The Morgan fingerprint density at radius 3 is 2.71 bits per heavy atom. The quantitative estimate of drug-likeness (QED) is 0.552. The topological polar surface area (TPSA) is 111 Å². The molecule has 1 saturated heterocycles. The first-order valence-electron chi connectivity index (χ1n) is 10.3. The van der Waals surface area contributed by atoms with Crippen molar-refractivity contribution in [2.24, 2.45) is 0 Å². The molecule has 164 valence electrons. The van der Waals surface area contributed by atoms with Crippen LogP contribution in [0.25, 0.3) is 11.4 Å². The lowest BCUT2D eigenvalue weighted by Gasteiger charge is -2.12. The van der Waals surface area contributed by atoms with Crippen molar-refractivity contribution in [2.75, 3.05) is 18.5 Å². The first-order chi connectivity index (χ1) is 15.0. The number of hydrogen-bond acceptors (Lipinski definition) is 7. The molecule has 0 spiro atoms. The maximum Gasteiger partial charge on any atom is 0.240 e. The molecule has 2 N–H and O–H groups in total. The lowest BCUT2D eigenvalue weighted by Crippen LogP contribution is -2.31. The molecular formula is C21H26N6O3S. The van der Waals surface area contributed by atoms with Crippen LogP contribution >= 0.6 is 0 Å². The molecule has 2 aromatic heterocycles. The van der Waals surface area contributed by atoms with Crippen LogP contribution < -0.4 is 10.0 Å². The Kier molecular flexibility index (Phi) is 6.30. The molecule has 1 fully saturated rings. The van der Waals surface area contributed by atoms with Gasteiger partial charge in [0, 0.05) is 31.6 Å². The second-order valence-electron chi connectivity index (χ2n) is 7.34. The summed E-state index contributed by atoms with van der Waals surface area (Å²) >= 11 is 0. The standard InChI is InChI=1S/C21H26N6O3S/c1-3-27-15(2)23-14-20(27)19-10-11-22-21(26-19)25-16-6-8-18(9-7-16)31(28,29)24-13-17-5-4-12-30-17/h6-11,14,17,24H,3-5,12-13H2,1-2H3,(H,22,25,26). The molecule has 3 heterocycles. The number of aromatic nitrogens is 4. The van der Waals surface area contributed by atoms with E-state index in [1.165, 1.54) is 0 Å². The summed E-state index contributed by atoms with van der Waals surface area (Å²) in [5, 5.41) is 3.13. The molecule has 1 aliphatic rings. The maximum absolute atomic E-state index is 12.5. The van der Waals surface area contributed by atoms with Crippen LogP contribution in [0.2, 0.25) is 0 Å². The third-order valence-electron chi connectivity index (χ3n) is 5.24. The van der Waals surface area contributed by atoms with Gasteiger partial charge in [-0.2, -0.15) is 0 Å². The van der Waals surface area contributed by atoms with E-state index in [4.69, 9.17) is 4.74 Å². The second kappa shape index (κ2) is 9.13. The largest absolute Gasteiger partial charge is 0.377 e. The first-order valence-corrected chi connectivity index (χ1v) is 11.8. The van der Waals surface area contributed by atoms with E-state index in [9.17, 15) is 8.42 Å². The van der Waals surface area contributed by atoms with Crippen LogP contribution in [0.5, 0.6) is 0 Å². The fraction of sp³-hybridized carbons (Fsp3) is 0.381. The van der Waals surface area contributed by atoms with Crippen molar-refractivity contribution in [3.05, 3.63) is 48.5 Å². The van der Waals surface area contributed by atoms with Crippen molar-refractivity contribution in [3.8, 4) is 11.4 Å². The summed E-state index contributed by atoms with van der Waals surface area (Å²) in [7, 11) is -3.58. The maximum atomic E-state index is 12.5. The van der Waals surface area contributed by atoms with Crippen molar-refractivity contribution >= 4 is 21.7 Å². The molecular weight excluding hydrogens is 416 g/mol. The van der Waals surface area contributed by atoms with E-state index < -0.39 is 10.0 Å². The molecule has 0 bridgehead atoms. The van der Waals surface area contributed by atoms with Crippen molar-refractivity contribution in [1.29, 1.82) is 0 Å². The van der Waals surface area contributed by atoms with Gasteiger partial charge in [0.1, 0.15) is 5.82 Å². The molecule has 1 aliphatic heterocycles. The highest BCUT2D eigenvalue weighted by molar-refractivity contribution is 7.89. The molecule has 10 heteroatoms. The monoisotopic (exact) mass is 442 g/mol. The summed E-state index contributed by atoms with van der Waals surface area (Å²) in [5.74, 6) is 1.35. The van der Waals surface area contributed by atoms with Crippen LogP contribution in [-0.4, -0.2) is 47.2 Å². The minimum absolute atomic E-state index is 0.0482. The van der Waals surface area contributed by atoms with Gasteiger partial charge < -0.3 is 14.6 Å². The van der Waals surface area contributed by atoms with Crippen LogP contribution in [0.1, 0.15) is 25.6 Å².